The highest BCUT2D eigenvalue weighted by atomic mass is 16.4. The molecule has 0 aliphatic carbocycles. The molecule has 4 heteroatoms. The molecule has 1 aliphatic heterocycles. The Morgan fingerprint density at radius 1 is 1.55 bits per heavy atom. The molecule has 3 atom stereocenters. The predicted molar refractivity (Wildman–Crippen MR) is 39.0 cm³/mol. The van der Waals surface area contributed by atoms with Crippen LogP contribution in [0, 0.1) is 5.92 Å². The van der Waals surface area contributed by atoms with Crippen LogP contribution in [-0.2, 0) is 4.79 Å². The van der Waals surface area contributed by atoms with Crippen molar-refractivity contribution < 1.29 is 15.0 Å². The third-order valence-electron chi connectivity index (χ3n) is 1.97. The van der Waals surface area contributed by atoms with Gasteiger partial charge in [-0.15, -0.1) is 0 Å². The zero-order chi connectivity index (χ0) is 8.43. The lowest BCUT2D eigenvalue weighted by atomic mass is 9.92. The van der Waals surface area contributed by atoms with Gasteiger partial charge in [-0.1, -0.05) is 0 Å². The normalized spacial score (nSPS) is 38.5. The van der Waals surface area contributed by atoms with Gasteiger partial charge in [0.05, 0.1) is 5.92 Å². The maximum absolute atomic E-state index is 10.5. The lowest BCUT2D eigenvalue weighted by molar-refractivity contribution is -0.145. The molecular weight excluding hydrogens is 146 g/mol. The summed E-state index contributed by atoms with van der Waals surface area (Å²) in [5.74, 6) is -1.20. The van der Waals surface area contributed by atoms with Crippen molar-refractivity contribution in [2.24, 2.45) is 5.92 Å². The molecule has 1 saturated heterocycles. The summed E-state index contributed by atoms with van der Waals surface area (Å²) in [5, 5.41) is 20.6. The van der Waals surface area contributed by atoms with Gasteiger partial charge in [0.25, 0.3) is 0 Å². The van der Waals surface area contributed by atoms with Crippen molar-refractivity contribution in [3.05, 3.63) is 0 Å². The minimum atomic E-state index is -0.808. The van der Waals surface area contributed by atoms with Gasteiger partial charge in [0, 0.05) is 12.5 Å². The van der Waals surface area contributed by atoms with Crippen molar-refractivity contribution in [3.8, 4) is 0 Å². The summed E-state index contributed by atoms with van der Waals surface area (Å²) in [6.45, 7) is 1.87. The Bertz CT molecular complexity index is 150. The molecule has 0 spiro atoms. The third kappa shape index (κ3) is 2.17. The zero-order valence-corrected chi connectivity index (χ0v) is 6.45. The number of carbonyl (C=O) groups is 1. The van der Waals surface area contributed by atoms with E-state index < -0.39 is 12.2 Å². The van der Waals surface area contributed by atoms with Gasteiger partial charge in [-0.25, -0.2) is 0 Å². The monoisotopic (exact) mass is 159 g/mol. The predicted octanol–water partition coefficient (Wildman–Crippen LogP) is -0.223. The van der Waals surface area contributed by atoms with Gasteiger partial charge in [-0.3, -0.25) is 10.1 Å². The molecule has 64 valence electrons. The molecule has 1 aliphatic rings. The second kappa shape index (κ2) is 3.19. The summed E-state index contributed by atoms with van der Waals surface area (Å²) < 4.78 is 0. The number of aliphatic carboxylic acids is 1. The van der Waals surface area contributed by atoms with Crippen LogP contribution in [-0.4, -0.2) is 28.5 Å². The summed E-state index contributed by atoms with van der Waals surface area (Å²) >= 11 is 0. The third-order valence-corrected chi connectivity index (χ3v) is 1.97. The van der Waals surface area contributed by atoms with E-state index in [1.165, 1.54) is 0 Å². The molecule has 0 radical (unpaired) electrons. The highest BCUT2D eigenvalue weighted by Gasteiger charge is 2.28. The van der Waals surface area contributed by atoms with E-state index in [9.17, 15) is 4.79 Å². The Morgan fingerprint density at radius 2 is 2.18 bits per heavy atom. The number of rotatable bonds is 1. The quantitative estimate of drug-likeness (QED) is 0.494. The van der Waals surface area contributed by atoms with Crippen molar-refractivity contribution >= 4 is 5.97 Å². The minimum absolute atomic E-state index is 0.0971. The van der Waals surface area contributed by atoms with Crippen molar-refractivity contribution in [1.82, 2.24) is 5.32 Å². The molecule has 4 nitrogen and oxygen atoms in total. The molecule has 0 aromatic carbocycles. The molecule has 3 N–H and O–H groups in total. The summed E-state index contributed by atoms with van der Waals surface area (Å²) in [5.41, 5.74) is 0. The summed E-state index contributed by atoms with van der Waals surface area (Å²) in [7, 11) is 0. The second-order valence-corrected chi connectivity index (χ2v) is 3.09. The highest BCUT2D eigenvalue weighted by molar-refractivity contribution is 5.70. The Kier molecular flexibility index (Phi) is 2.46. The largest absolute Gasteiger partial charge is 0.481 e. The number of hydrogen-bond donors (Lipinski definition) is 3. The van der Waals surface area contributed by atoms with Gasteiger partial charge < -0.3 is 10.2 Å². The van der Waals surface area contributed by atoms with Gasteiger partial charge in [0.15, 0.2) is 0 Å². The number of carboxylic acids is 1. The van der Waals surface area contributed by atoms with Crippen molar-refractivity contribution in [2.75, 3.05) is 0 Å². The number of nitrogens with one attached hydrogen (secondary N) is 1. The van der Waals surface area contributed by atoms with Gasteiger partial charge in [0.2, 0.25) is 0 Å². The van der Waals surface area contributed by atoms with Crippen LogP contribution in [0.5, 0.6) is 0 Å². The topological polar surface area (TPSA) is 69.6 Å². The van der Waals surface area contributed by atoms with E-state index in [4.69, 9.17) is 10.2 Å². The number of aliphatic hydroxyl groups excluding tert-OH is 1. The molecule has 1 heterocycles. The molecule has 1 rings (SSSR count). The van der Waals surface area contributed by atoms with Gasteiger partial charge in [0.1, 0.15) is 6.23 Å². The molecular formula is C7H13NO3. The molecule has 0 saturated carbocycles. The standard InChI is InChI=1S/C7H13NO3/c1-4-2-5(7(10)11)3-6(9)8-4/h4-6,8-9H,2-3H2,1H3,(H,10,11). The van der Waals surface area contributed by atoms with E-state index >= 15 is 0 Å². The fourth-order valence-corrected chi connectivity index (χ4v) is 1.46. The van der Waals surface area contributed by atoms with E-state index in [1.54, 1.807) is 0 Å². The molecule has 0 aromatic heterocycles. The zero-order valence-electron chi connectivity index (χ0n) is 6.45. The second-order valence-electron chi connectivity index (χ2n) is 3.09. The van der Waals surface area contributed by atoms with Crippen LogP contribution >= 0.6 is 0 Å². The minimum Gasteiger partial charge on any atom is -0.481 e. The number of hydrogen-bond acceptors (Lipinski definition) is 3. The Balaban J connectivity index is 2.49. The average molecular weight is 159 g/mol. The van der Waals surface area contributed by atoms with E-state index in [1.807, 2.05) is 6.92 Å². The van der Waals surface area contributed by atoms with Crippen LogP contribution in [0.25, 0.3) is 0 Å². The van der Waals surface area contributed by atoms with Crippen molar-refractivity contribution in [1.29, 1.82) is 0 Å². The van der Waals surface area contributed by atoms with Gasteiger partial charge in [-0.2, -0.15) is 0 Å². The van der Waals surface area contributed by atoms with Crippen LogP contribution < -0.4 is 5.32 Å². The van der Waals surface area contributed by atoms with Crippen LogP contribution in [0.15, 0.2) is 0 Å². The van der Waals surface area contributed by atoms with Crippen LogP contribution in [0.1, 0.15) is 19.8 Å². The first-order chi connectivity index (χ1) is 5.09. The Hall–Kier alpha value is -0.610. The number of aliphatic hydroxyl groups is 1. The lowest BCUT2D eigenvalue weighted by Crippen LogP contribution is -2.45. The van der Waals surface area contributed by atoms with Crippen LogP contribution in [0.4, 0.5) is 0 Å². The van der Waals surface area contributed by atoms with Crippen LogP contribution in [0.2, 0.25) is 0 Å². The van der Waals surface area contributed by atoms with Crippen molar-refractivity contribution in [2.45, 2.75) is 32.0 Å². The maximum atomic E-state index is 10.5. The first-order valence-corrected chi connectivity index (χ1v) is 3.76. The van der Waals surface area contributed by atoms with Crippen molar-refractivity contribution in [3.63, 3.8) is 0 Å². The van der Waals surface area contributed by atoms with E-state index in [0.29, 0.717) is 12.8 Å². The molecule has 0 aromatic rings. The molecule has 0 bridgehead atoms. The van der Waals surface area contributed by atoms with E-state index in [-0.39, 0.29) is 12.0 Å². The number of carboxylic acid groups (broad SMARTS) is 1. The van der Waals surface area contributed by atoms with E-state index in [0.717, 1.165) is 0 Å². The average Bonchev–Trinajstić information content (AvgIpc) is 1.85. The number of piperidine rings is 1. The fourth-order valence-electron chi connectivity index (χ4n) is 1.46. The molecule has 1 fully saturated rings. The first kappa shape index (κ1) is 8.49. The SMILES string of the molecule is CC1CC(C(=O)O)CC(O)N1. The smallest absolute Gasteiger partial charge is 0.306 e. The molecule has 0 amide bonds. The van der Waals surface area contributed by atoms with Gasteiger partial charge >= 0.3 is 5.97 Å². The Labute approximate surface area is 65.2 Å². The summed E-state index contributed by atoms with van der Waals surface area (Å²) in [4.78, 5) is 10.5. The Morgan fingerprint density at radius 3 is 2.64 bits per heavy atom. The lowest BCUT2D eigenvalue weighted by Gasteiger charge is -2.29. The first-order valence-electron chi connectivity index (χ1n) is 3.76. The summed E-state index contributed by atoms with van der Waals surface area (Å²) in [6.07, 6.45) is 0.270. The molecule has 3 unspecified atom stereocenters. The maximum Gasteiger partial charge on any atom is 0.306 e. The summed E-state index contributed by atoms with van der Waals surface area (Å²) in [6, 6.07) is 0.0971. The molecule has 11 heavy (non-hydrogen) atoms. The highest BCUT2D eigenvalue weighted by Crippen LogP contribution is 2.18. The fraction of sp³-hybridized carbons (Fsp3) is 0.857. The van der Waals surface area contributed by atoms with Gasteiger partial charge in [-0.05, 0) is 13.3 Å². The van der Waals surface area contributed by atoms with E-state index in [2.05, 4.69) is 5.32 Å². The van der Waals surface area contributed by atoms with Crippen LogP contribution in [0.3, 0.4) is 0 Å².